The Labute approximate surface area is 128 Å². The number of aromatic nitrogens is 1. The predicted octanol–water partition coefficient (Wildman–Crippen LogP) is 3.40. The summed E-state index contributed by atoms with van der Waals surface area (Å²) >= 11 is 3.48. The van der Waals surface area contributed by atoms with Crippen molar-refractivity contribution in [2.75, 3.05) is 13.1 Å². The highest BCUT2D eigenvalue weighted by Crippen LogP contribution is 2.24. The largest absolute Gasteiger partial charge is 0.387 e. The smallest absolute Gasteiger partial charge is 0.0927 e. The van der Waals surface area contributed by atoms with E-state index < -0.39 is 6.10 Å². The quantitative estimate of drug-likeness (QED) is 0.879. The summed E-state index contributed by atoms with van der Waals surface area (Å²) in [6, 6.07) is 13.7. The Morgan fingerprint density at radius 2 is 1.95 bits per heavy atom. The molecular weight excluding hydrogens is 316 g/mol. The van der Waals surface area contributed by atoms with Crippen LogP contribution in [0.5, 0.6) is 0 Å². The molecule has 3 nitrogen and oxygen atoms in total. The zero-order valence-corrected chi connectivity index (χ0v) is 13.1. The Bertz CT molecular complexity index is 533. The summed E-state index contributed by atoms with van der Waals surface area (Å²) in [5.41, 5.74) is 1.95. The van der Waals surface area contributed by atoms with E-state index in [1.807, 2.05) is 42.5 Å². The Morgan fingerprint density at radius 1 is 1.20 bits per heavy atom. The van der Waals surface area contributed by atoms with Crippen LogP contribution in [0.4, 0.5) is 0 Å². The van der Waals surface area contributed by atoms with Gasteiger partial charge in [-0.05, 0) is 30.3 Å². The van der Waals surface area contributed by atoms with Gasteiger partial charge in [0.2, 0.25) is 0 Å². The first-order valence-electron chi connectivity index (χ1n) is 6.75. The molecule has 0 aliphatic carbocycles. The molecule has 0 saturated carbocycles. The van der Waals surface area contributed by atoms with Gasteiger partial charge in [0.15, 0.2) is 0 Å². The summed E-state index contributed by atoms with van der Waals surface area (Å²) in [6.45, 7) is 4.31. The molecule has 1 heterocycles. The lowest BCUT2D eigenvalue weighted by Gasteiger charge is -2.24. The maximum atomic E-state index is 10.4. The van der Waals surface area contributed by atoms with Crippen LogP contribution in [-0.4, -0.2) is 28.1 Å². The van der Waals surface area contributed by atoms with Crippen molar-refractivity contribution in [2.45, 2.75) is 19.6 Å². The van der Waals surface area contributed by atoms with Crippen molar-refractivity contribution in [3.63, 3.8) is 0 Å². The third-order valence-electron chi connectivity index (χ3n) is 3.25. The average molecular weight is 335 g/mol. The Morgan fingerprint density at radius 3 is 2.60 bits per heavy atom. The fourth-order valence-electron chi connectivity index (χ4n) is 2.11. The average Bonchev–Trinajstić information content (AvgIpc) is 2.48. The number of likely N-dealkylation sites (N-methyl/N-ethyl adjacent to an activating group) is 1. The number of benzene rings is 1. The summed E-state index contributed by atoms with van der Waals surface area (Å²) < 4.78 is 0.946. The zero-order chi connectivity index (χ0) is 14.4. The maximum absolute atomic E-state index is 10.4. The minimum Gasteiger partial charge on any atom is -0.387 e. The number of rotatable bonds is 6. The molecule has 0 aliphatic heterocycles. The van der Waals surface area contributed by atoms with E-state index in [9.17, 15) is 5.11 Å². The van der Waals surface area contributed by atoms with Crippen molar-refractivity contribution >= 4 is 15.9 Å². The monoisotopic (exact) mass is 334 g/mol. The molecule has 1 N–H and O–H groups in total. The van der Waals surface area contributed by atoms with Crippen LogP contribution in [0.3, 0.4) is 0 Å². The van der Waals surface area contributed by atoms with Crippen molar-refractivity contribution < 1.29 is 5.11 Å². The Kier molecular flexibility index (Phi) is 5.71. The van der Waals surface area contributed by atoms with Gasteiger partial charge in [0, 0.05) is 23.8 Å². The highest BCUT2D eigenvalue weighted by Gasteiger charge is 2.15. The van der Waals surface area contributed by atoms with E-state index >= 15 is 0 Å². The standard InChI is InChI=1S/C16H19BrN2O/c1-2-19(11-13-7-5-6-10-18-13)12-16(20)14-8-3-4-9-15(14)17/h3-10,16,20H,2,11-12H2,1H3/t16-/m1/s1. The molecule has 2 rings (SSSR count). The topological polar surface area (TPSA) is 36.4 Å². The predicted molar refractivity (Wildman–Crippen MR) is 84.3 cm³/mol. The van der Waals surface area contributed by atoms with Gasteiger partial charge >= 0.3 is 0 Å². The van der Waals surface area contributed by atoms with Crippen LogP contribution in [0.1, 0.15) is 24.3 Å². The molecule has 1 atom stereocenters. The van der Waals surface area contributed by atoms with E-state index in [0.717, 1.165) is 28.8 Å². The van der Waals surface area contributed by atoms with Crippen LogP contribution >= 0.6 is 15.9 Å². The number of nitrogens with zero attached hydrogens (tertiary/aromatic N) is 2. The number of pyridine rings is 1. The van der Waals surface area contributed by atoms with Crippen molar-refractivity contribution in [3.05, 3.63) is 64.4 Å². The van der Waals surface area contributed by atoms with E-state index in [1.54, 1.807) is 6.20 Å². The van der Waals surface area contributed by atoms with Gasteiger partial charge in [0.05, 0.1) is 11.8 Å². The van der Waals surface area contributed by atoms with Gasteiger partial charge < -0.3 is 5.11 Å². The molecule has 4 heteroatoms. The summed E-state index contributed by atoms with van der Waals surface area (Å²) in [7, 11) is 0. The molecule has 1 aromatic carbocycles. The lowest BCUT2D eigenvalue weighted by molar-refractivity contribution is 0.111. The lowest BCUT2D eigenvalue weighted by atomic mass is 10.1. The second-order valence-corrected chi connectivity index (χ2v) is 5.54. The molecule has 0 radical (unpaired) electrons. The fraction of sp³-hybridized carbons (Fsp3) is 0.312. The third-order valence-corrected chi connectivity index (χ3v) is 3.98. The van der Waals surface area contributed by atoms with Gasteiger partial charge in [-0.25, -0.2) is 0 Å². The Balaban J connectivity index is 2.01. The second kappa shape index (κ2) is 7.53. The molecule has 20 heavy (non-hydrogen) atoms. The molecule has 0 fully saturated rings. The molecule has 1 aromatic heterocycles. The third kappa shape index (κ3) is 4.13. The van der Waals surface area contributed by atoms with E-state index in [4.69, 9.17) is 0 Å². The van der Waals surface area contributed by atoms with E-state index in [0.29, 0.717) is 6.54 Å². The highest BCUT2D eigenvalue weighted by molar-refractivity contribution is 9.10. The van der Waals surface area contributed by atoms with Gasteiger partial charge in [0.1, 0.15) is 0 Å². The van der Waals surface area contributed by atoms with E-state index in [-0.39, 0.29) is 0 Å². The highest BCUT2D eigenvalue weighted by atomic mass is 79.9. The SMILES string of the molecule is CCN(Cc1ccccn1)C[C@@H](O)c1ccccc1Br. The number of hydrogen-bond donors (Lipinski definition) is 1. The Hall–Kier alpha value is -1.23. The van der Waals surface area contributed by atoms with Gasteiger partial charge in [-0.3, -0.25) is 9.88 Å². The number of aliphatic hydroxyl groups is 1. The molecule has 106 valence electrons. The van der Waals surface area contributed by atoms with Crippen molar-refractivity contribution in [1.29, 1.82) is 0 Å². The summed E-state index contributed by atoms with van der Waals surface area (Å²) in [6.07, 6.45) is 1.29. The van der Waals surface area contributed by atoms with Gasteiger partial charge in [-0.1, -0.05) is 47.1 Å². The number of aliphatic hydroxyl groups excluding tert-OH is 1. The van der Waals surface area contributed by atoms with Crippen molar-refractivity contribution in [1.82, 2.24) is 9.88 Å². The van der Waals surface area contributed by atoms with E-state index in [2.05, 4.69) is 32.7 Å². The van der Waals surface area contributed by atoms with Gasteiger partial charge in [0.25, 0.3) is 0 Å². The minimum absolute atomic E-state index is 0.505. The van der Waals surface area contributed by atoms with Crippen molar-refractivity contribution in [3.8, 4) is 0 Å². The second-order valence-electron chi connectivity index (χ2n) is 4.69. The fourth-order valence-corrected chi connectivity index (χ4v) is 2.66. The normalized spacial score (nSPS) is 12.6. The van der Waals surface area contributed by atoms with Crippen molar-refractivity contribution in [2.24, 2.45) is 0 Å². The maximum Gasteiger partial charge on any atom is 0.0927 e. The molecular formula is C16H19BrN2O. The summed E-state index contributed by atoms with van der Waals surface area (Å²) in [5.74, 6) is 0. The summed E-state index contributed by atoms with van der Waals surface area (Å²) in [5, 5.41) is 10.4. The first kappa shape index (κ1) is 15.2. The number of halogens is 1. The summed E-state index contributed by atoms with van der Waals surface area (Å²) in [4.78, 5) is 6.52. The van der Waals surface area contributed by atoms with Crippen LogP contribution in [0.2, 0.25) is 0 Å². The molecule has 0 unspecified atom stereocenters. The van der Waals surface area contributed by atoms with Gasteiger partial charge in [-0.2, -0.15) is 0 Å². The van der Waals surface area contributed by atoms with Crippen LogP contribution < -0.4 is 0 Å². The molecule has 0 aliphatic rings. The lowest BCUT2D eigenvalue weighted by Crippen LogP contribution is -2.28. The first-order chi connectivity index (χ1) is 9.70. The van der Waals surface area contributed by atoms with Gasteiger partial charge in [-0.15, -0.1) is 0 Å². The molecule has 0 amide bonds. The molecule has 0 saturated heterocycles. The minimum atomic E-state index is -0.505. The van der Waals surface area contributed by atoms with Crippen LogP contribution in [-0.2, 0) is 6.54 Å². The van der Waals surface area contributed by atoms with Crippen LogP contribution in [0.25, 0.3) is 0 Å². The van der Waals surface area contributed by atoms with Crippen LogP contribution in [0.15, 0.2) is 53.1 Å². The zero-order valence-electron chi connectivity index (χ0n) is 11.5. The molecule has 0 spiro atoms. The number of hydrogen-bond acceptors (Lipinski definition) is 3. The molecule has 2 aromatic rings. The first-order valence-corrected chi connectivity index (χ1v) is 7.54. The molecule has 0 bridgehead atoms. The van der Waals surface area contributed by atoms with E-state index in [1.165, 1.54) is 0 Å². The van der Waals surface area contributed by atoms with Crippen LogP contribution in [0, 0.1) is 0 Å².